The minimum Gasteiger partial charge on any atom is -0.389 e. The average Bonchev–Trinajstić information content (AvgIpc) is 2.42. The molecule has 2 atom stereocenters. The fraction of sp³-hybridized carbons (Fsp3) is 0.385. The first-order chi connectivity index (χ1) is 9.62. The zero-order valence-corrected chi connectivity index (χ0v) is 11.7. The number of carbonyl (C=O) groups is 2. The van der Waals surface area contributed by atoms with E-state index in [1.165, 1.54) is 19.1 Å². The lowest BCUT2D eigenvalue weighted by Crippen LogP contribution is -2.24. The monoisotopic (exact) mass is 322 g/mol. The summed E-state index contributed by atoms with van der Waals surface area (Å²) in [6.07, 6.45) is -7.83. The number of aliphatic hydroxyl groups excluding tert-OH is 2. The minimum absolute atomic E-state index is 0.0262. The number of benzene rings is 1. The van der Waals surface area contributed by atoms with Crippen LogP contribution < -0.4 is 0 Å². The molecule has 0 spiro atoms. The molecule has 1 aromatic carbocycles. The molecule has 1 rings (SSSR count). The summed E-state index contributed by atoms with van der Waals surface area (Å²) in [5.74, 6) is -2.13. The van der Waals surface area contributed by atoms with E-state index in [1.807, 2.05) is 0 Å². The number of alkyl halides is 3. The highest BCUT2D eigenvalue weighted by Gasteiger charge is 2.39. The van der Waals surface area contributed by atoms with Gasteiger partial charge in [0.05, 0.1) is 6.10 Å². The van der Waals surface area contributed by atoms with E-state index in [0.29, 0.717) is 0 Å². The zero-order chi connectivity index (χ0) is 16.2. The molecule has 0 aliphatic heterocycles. The molecule has 2 N–H and O–H groups in total. The third-order valence-electron chi connectivity index (χ3n) is 2.57. The quantitative estimate of drug-likeness (QED) is 0.812. The fourth-order valence-corrected chi connectivity index (χ4v) is 2.13. The van der Waals surface area contributed by atoms with Crippen molar-refractivity contribution in [3.05, 3.63) is 35.4 Å². The maximum absolute atomic E-state index is 12.3. The standard InChI is InChI=1S/C13H13F3O4S/c1-7(17)21-6-10(18)11(19)8-3-2-4-9(5-8)12(20)13(14,15)16/h2-5,10-11,18-19H,6H2,1H3. The maximum atomic E-state index is 12.3. The van der Waals surface area contributed by atoms with Crippen LogP contribution in [0.5, 0.6) is 0 Å². The van der Waals surface area contributed by atoms with Crippen LogP contribution in [-0.2, 0) is 4.79 Å². The molecular formula is C13H13F3O4S. The normalized spacial score (nSPS) is 14.6. The minimum atomic E-state index is -5.01. The Bertz CT molecular complexity index is 530. The molecule has 0 aliphatic carbocycles. The van der Waals surface area contributed by atoms with Gasteiger partial charge in [-0.3, -0.25) is 9.59 Å². The predicted molar refractivity (Wildman–Crippen MR) is 70.9 cm³/mol. The molecular weight excluding hydrogens is 309 g/mol. The molecule has 0 radical (unpaired) electrons. The molecule has 4 nitrogen and oxygen atoms in total. The molecule has 0 aliphatic rings. The van der Waals surface area contributed by atoms with Crippen molar-refractivity contribution in [1.29, 1.82) is 0 Å². The molecule has 8 heteroatoms. The van der Waals surface area contributed by atoms with Crippen molar-refractivity contribution < 1.29 is 33.0 Å². The Morgan fingerprint density at radius 1 is 1.29 bits per heavy atom. The van der Waals surface area contributed by atoms with Crippen LogP contribution in [0.4, 0.5) is 13.2 Å². The number of hydrogen-bond donors (Lipinski definition) is 2. The van der Waals surface area contributed by atoms with Gasteiger partial charge < -0.3 is 10.2 Å². The van der Waals surface area contributed by atoms with Crippen LogP contribution in [-0.4, -0.2) is 39.1 Å². The zero-order valence-electron chi connectivity index (χ0n) is 10.9. The highest BCUT2D eigenvalue weighted by Crippen LogP contribution is 2.25. The van der Waals surface area contributed by atoms with Gasteiger partial charge in [0, 0.05) is 18.2 Å². The summed E-state index contributed by atoms with van der Waals surface area (Å²) >= 11 is 0.781. The van der Waals surface area contributed by atoms with Crippen molar-refractivity contribution >= 4 is 22.7 Å². The van der Waals surface area contributed by atoms with Crippen molar-refractivity contribution in [2.75, 3.05) is 5.75 Å². The van der Waals surface area contributed by atoms with E-state index in [-0.39, 0.29) is 16.4 Å². The van der Waals surface area contributed by atoms with Gasteiger partial charge in [-0.2, -0.15) is 13.2 Å². The van der Waals surface area contributed by atoms with Crippen LogP contribution in [0.3, 0.4) is 0 Å². The van der Waals surface area contributed by atoms with Crippen molar-refractivity contribution in [3.63, 3.8) is 0 Å². The fourth-order valence-electron chi connectivity index (χ4n) is 1.54. The first-order valence-electron chi connectivity index (χ1n) is 5.84. The second-order valence-electron chi connectivity index (χ2n) is 4.27. The second kappa shape index (κ2) is 7.06. The lowest BCUT2D eigenvalue weighted by atomic mass is 10.0. The molecule has 2 unspecified atom stereocenters. The molecule has 116 valence electrons. The van der Waals surface area contributed by atoms with Crippen LogP contribution in [0.15, 0.2) is 24.3 Å². The number of thioether (sulfide) groups is 1. The predicted octanol–water partition coefficient (Wildman–Crippen LogP) is 2.11. The van der Waals surface area contributed by atoms with Crippen molar-refractivity contribution in [1.82, 2.24) is 0 Å². The maximum Gasteiger partial charge on any atom is 0.454 e. The SMILES string of the molecule is CC(=O)SCC(O)C(O)c1cccc(C(=O)C(F)(F)F)c1. The first kappa shape index (κ1) is 17.7. The lowest BCUT2D eigenvalue weighted by molar-refractivity contribution is -0.109. The highest BCUT2D eigenvalue weighted by molar-refractivity contribution is 8.13. The summed E-state index contributed by atoms with van der Waals surface area (Å²) in [5.41, 5.74) is -0.646. The van der Waals surface area contributed by atoms with Crippen molar-refractivity contribution in [3.8, 4) is 0 Å². The van der Waals surface area contributed by atoms with Gasteiger partial charge in [0.1, 0.15) is 6.10 Å². The molecule has 0 aromatic heterocycles. The summed E-state index contributed by atoms with van der Waals surface area (Å²) in [4.78, 5) is 21.9. The number of carbonyl (C=O) groups excluding carboxylic acids is 2. The molecule has 1 aromatic rings. The third-order valence-corrected chi connectivity index (χ3v) is 3.48. The Balaban J connectivity index is 2.89. The number of halogens is 3. The summed E-state index contributed by atoms with van der Waals surface area (Å²) < 4.78 is 37.0. The van der Waals surface area contributed by atoms with Gasteiger partial charge in [-0.25, -0.2) is 0 Å². The number of ketones is 1. The smallest absolute Gasteiger partial charge is 0.389 e. The third kappa shape index (κ3) is 5.14. The lowest BCUT2D eigenvalue weighted by Gasteiger charge is -2.18. The van der Waals surface area contributed by atoms with E-state index in [2.05, 4.69) is 0 Å². The van der Waals surface area contributed by atoms with Crippen molar-refractivity contribution in [2.24, 2.45) is 0 Å². The molecule has 0 saturated carbocycles. The van der Waals surface area contributed by atoms with Gasteiger partial charge in [-0.05, 0) is 11.6 Å². The molecule has 0 fully saturated rings. The summed E-state index contributed by atoms with van der Waals surface area (Å²) in [6.45, 7) is 1.28. The summed E-state index contributed by atoms with van der Waals surface area (Å²) in [6, 6.07) is 4.33. The van der Waals surface area contributed by atoms with Crippen molar-refractivity contribution in [2.45, 2.75) is 25.3 Å². The van der Waals surface area contributed by atoms with E-state index in [4.69, 9.17) is 0 Å². The van der Waals surface area contributed by atoms with Gasteiger partial charge in [-0.1, -0.05) is 30.0 Å². The molecule has 21 heavy (non-hydrogen) atoms. The Morgan fingerprint density at radius 2 is 1.90 bits per heavy atom. The largest absolute Gasteiger partial charge is 0.454 e. The molecule has 0 heterocycles. The number of Topliss-reactive ketones (excluding diaryl/α,β-unsaturated/α-hetero) is 1. The second-order valence-corrected chi connectivity index (χ2v) is 5.46. The van der Waals surface area contributed by atoms with E-state index < -0.39 is 29.7 Å². The average molecular weight is 322 g/mol. The van der Waals surface area contributed by atoms with E-state index in [0.717, 1.165) is 23.9 Å². The molecule has 0 amide bonds. The molecule has 0 bridgehead atoms. The van der Waals surface area contributed by atoms with Gasteiger partial charge in [0.15, 0.2) is 5.12 Å². The van der Waals surface area contributed by atoms with E-state index in [1.54, 1.807) is 0 Å². The first-order valence-corrected chi connectivity index (χ1v) is 6.82. The van der Waals surface area contributed by atoms with Gasteiger partial charge in [-0.15, -0.1) is 0 Å². The van der Waals surface area contributed by atoms with Crippen LogP contribution in [0.2, 0.25) is 0 Å². The Labute approximate surface area is 123 Å². The van der Waals surface area contributed by atoms with E-state index in [9.17, 15) is 33.0 Å². The van der Waals surface area contributed by atoms with Crippen LogP contribution in [0, 0.1) is 0 Å². The highest BCUT2D eigenvalue weighted by atomic mass is 32.2. The number of rotatable bonds is 5. The van der Waals surface area contributed by atoms with Gasteiger partial charge >= 0.3 is 6.18 Å². The Morgan fingerprint density at radius 3 is 2.43 bits per heavy atom. The number of hydrogen-bond acceptors (Lipinski definition) is 5. The van der Waals surface area contributed by atoms with Crippen LogP contribution in [0.1, 0.15) is 28.9 Å². The van der Waals surface area contributed by atoms with E-state index >= 15 is 0 Å². The summed E-state index contributed by atoms with van der Waals surface area (Å²) in [7, 11) is 0. The Hall–Kier alpha value is -1.38. The summed E-state index contributed by atoms with van der Waals surface area (Å²) in [5, 5.41) is 19.3. The molecule has 0 saturated heterocycles. The van der Waals surface area contributed by atoms with Crippen LogP contribution >= 0.6 is 11.8 Å². The topological polar surface area (TPSA) is 74.6 Å². The number of aliphatic hydroxyl groups is 2. The van der Waals surface area contributed by atoms with Gasteiger partial charge in [0.2, 0.25) is 0 Å². The van der Waals surface area contributed by atoms with Gasteiger partial charge in [0.25, 0.3) is 5.78 Å². The Kier molecular flexibility index (Phi) is 5.94. The van der Waals surface area contributed by atoms with Crippen LogP contribution in [0.25, 0.3) is 0 Å².